The first-order valence-corrected chi connectivity index (χ1v) is 6.05. The Bertz CT molecular complexity index is 845. The standard InChI is InChI=1S/C11H7BrN4O3/c12-7-8(15-16-9(7)10(17)18)4-1-2-5-6(3-4)14-11(19)13-5/h1-3H,(H,15,16)(H,17,18)(H2,13,14,19). The van der Waals surface area contributed by atoms with Crippen molar-refractivity contribution in [1.29, 1.82) is 0 Å². The fraction of sp³-hybridized carbons (Fsp3) is 0. The summed E-state index contributed by atoms with van der Waals surface area (Å²) < 4.78 is 0.372. The fourth-order valence-electron chi connectivity index (χ4n) is 1.84. The zero-order chi connectivity index (χ0) is 13.6. The molecule has 0 aliphatic heterocycles. The van der Waals surface area contributed by atoms with Gasteiger partial charge in [0, 0.05) is 5.56 Å². The Balaban J connectivity index is 2.18. The van der Waals surface area contributed by atoms with Crippen molar-refractivity contribution in [3.8, 4) is 11.3 Å². The second-order valence-electron chi connectivity index (χ2n) is 3.91. The van der Waals surface area contributed by atoms with E-state index in [9.17, 15) is 9.59 Å². The number of carboxylic acids is 1. The van der Waals surface area contributed by atoms with Crippen LogP contribution in [0.1, 0.15) is 10.5 Å². The van der Waals surface area contributed by atoms with Gasteiger partial charge in [-0.3, -0.25) is 5.10 Å². The van der Waals surface area contributed by atoms with E-state index in [1.807, 2.05) is 0 Å². The molecule has 96 valence electrons. The van der Waals surface area contributed by atoms with Gasteiger partial charge in [-0.05, 0) is 28.1 Å². The summed E-state index contributed by atoms with van der Waals surface area (Å²) in [6, 6.07) is 5.20. The lowest BCUT2D eigenvalue weighted by Crippen LogP contribution is -1.99. The van der Waals surface area contributed by atoms with Crippen LogP contribution in [0, 0.1) is 0 Å². The van der Waals surface area contributed by atoms with Gasteiger partial charge in [-0.15, -0.1) is 0 Å². The maximum absolute atomic E-state index is 11.2. The van der Waals surface area contributed by atoms with E-state index in [0.29, 0.717) is 26.8 Å². The number of benzene rings is 1. The first-order valence-electron chi connectivity index (χ1n) is 5.26. The molecule has 8 heteroatoms. The molecule has 0 unspecified atom stereocenters. The number of aromatic nitrogens is 4. The summed E-state index contributed by atoms with van der Waals surface area (Å²) in [7, 11) is 0. The van der Waals surface area contributed by atoms with Crippen LogP contribution in [0.2, 0.25) is 0 Å². The van der Waals surface area contributed by atoms with Gasteiger partial charge in [0.2, 0.25) is 0 Å². The van der Waals surface area contributed by atoms with E-state index >= 15 is 0 Å². The molecule has 3 aromatic rings. The highest BCUT2D eigenvalue weighted by atomic mass is 79.9. The average molecular weight is 323 g/mol. The van der Waals surface area contributed by atoms with Crippen LogP contribution in [0.3, 0.4) is 0 Å². The van der Waals surface area contributed by atoms with Crippen LogP contribution in [0.15, 0.2) is 27.5 Å². The SMILES string of the molecule is O=C(O)c1[nH]nc(-c2ccc3[nH]c(=O)[nH]c3c2)c1Br. The molecule has 19 heavy (non-hydrogen) atoms. The molecule has 4 N–H and O–H groups in total. The topological polar surface area (TPSA) is 115 Å². The fourth-order valence-corrected chi connectivity index (χ4v) is 2.42. The number of aromatic carboxylic acids is 1. The highest BCUT2D eigenvalue weighted by molar-refractivity contribution is 9.10. The third kappa shape index (κ3) is 1.85. The van der Waals surface area contributed by atoms with Crippen LogP contribution in [0.25, 0.3) is 22.3 Å². The molecule has 3 rings (SSSR count). The zero-order valence-corrected chi connectivity index (χ0v) is 10.9. The Morgan fingerprint density at radius 3 is 2.68 bits per heavy atom. The van der Waals surface area contributed by atoms with Gasteiger partial charge in [0.25, 0.3) is 0 Å². The van der Waals surface area contributed by atoms with Crippen LogP contribution < -0.4 is 5.69 Å². The monoisotopic (exact) mass is 322 g/mol. The van der Waals surface area contributed by atoms with E-state index in [1.54, 1.807) is 18.2 Å². The predicted octanol–water partition coefficient (Wildman–Crippen LogP) is 1.71. The van der Waals surface area contributed by atoms with Crippen molar-refractivity contribution < 1.29 is 9.90 Å². The third-order valence-electron chi connectivity index (χ3n) is 2.71. The van der Waals surface area contributed by atoms with Crippen molar-refractivity contribution in [1.82, 2.24) is 20.2 Å². The summed E-state index contributed by atoms with van der Waals surface area (Å²) in [5, 5.41) is 15.4. The van der Waals surface area contributed by atoms with Gasteiger partial charge in [-0.25, -0.2) is 9.59 Å². The highest BCUT2D eigenvalue weighted by Gasteiger charge is 2.17. The van der Waals surface area contributed by atoms with Crippen molar-refractivity contribution in [2.45, 2.75) is 0 Å². The number of hydrogen-bond donors (Lipinski definition) is 4. The van der Waals surface area contributed by atoms with Gasteiger partial charge in [-0.1, -0.05) is 6.07 Å². The van der Waals surface area contributed by atoms with Gasteiger partial charge in [0.05, 0.1) is 15.5 Å². The van der Waals surface area contributed by atoms with E-state index in [4.69, 9.17) is 5.11 Å². The quantitative estimate of drug-likeness (QED) is 0.574. The molecule has 0 radical (unpaired) electrons. The first-order chi connectivity index (χ1) is 9.06. The van der Waals surface area contributed by atoms with E-state index in [-0.39, 0.29) is 11.4 Å². The zero-order valence-electron chi connectivity index (χ0n) is 9.32. The number of carboxylic acid groups (broad SMARTS) is 1. The minimum absolute atomic E-state index is 0.0161. The molecule has 2 aromatic heterocycles. The molecule has 0 saturated heterocycles. The number of imidazole rings is 1. The third-order valence-corrected chi connectivity index (χ3v) is 3.48. The van der Waals surface area contributed by atoms with Crippen LogP contribution in [0.5, 0.6) is 0 Å². The van der Waals surface area contributed by atoms with Crippen molar-refractivity contribution in [2.24, 2.45) is 0 Å². The van der Waals surface area contributed by atoms with Gasteiger partial charge < -0.3 is 15.1 Å². The summed E-state index contributed by atoms with van der Waals surface area (Å²) in [6.45, 7) is 0. The van der Waals surface area contributed by atoms with Crippen LogP contribution in [0.4, 0.5) is 0 Å². The molecule has 0 aliphatic rings. The Labute approximate surface area is 113 Å². The molecule has 7 nitrogen and oxygen atoms in total. The van der Waals surface area contributed by atoms with Gasteiger partial charge >= 0.3 is 11.7 Å². The summed E-state index contributed by atoms with van der Waals surface area (Å²) in [5.41, 5.74) is 2.17. The Morgan fingerprint density at radius 1 is 1.26 bits per heavy atom. The van der Waals surface area contributed by atoms with Crippen LogP contribution in [-0.2, 0) is 0 Å². The molecule has 0 atom stereocenters. The van der Waals surface area contributed by atoms with Gasteiger partial charge in [0.1, 0.15) is 5.69 Å². The number of nitrogens with one attached hydrogen (secondary N) is 3. The number of aromatic amines is 3. The van der Waals surface area contributed by atoms with Crippen molar-refractivity contribution in [3.05, 3.63) is 38.9 Å². The summed E-state index contributed by atoms with van der Waals surface area (Å²) in [5.74, 6) is -1.10. The summed E-state index contributed by atoms with van der Waals surface area (Å²) in [6.07, 6.45) is 0. The molecule has 0 aliphatic carbocycles. The molecule has 0 amide bonds. The van der Waals surface area contributed by atoms with Crippen molar-refractivity contribution >= 4 is 32.9 Å². The number of fused-ring (bicyclic) bond motifs is 1. The molecule has 0 spiro atoms. The van der Waals surface area contributed by atoms with Gasteiger partial charge in [0.15, 0.2) is 5.69 Å². The van der Waals surface area contributed by atoms with Crippen molar-refractivity contribution in [3.63, 3.8) is 0 Å². The predicted molar refractivity (Wildman–Crippen MR) is 71.2 cm³/mol. The minimum Gasteiger partial charge on any atom is -0.476 e. The normalized spacial score (nSPS) is 11.0. The lowest BCUT2D eigenvalue weighted by molar-refractivity contribution is 0.0689. The Kier molecular flexibility index (Phi) is 2.53. The van der Waals surface area contributed by atoms with E-state index in [2.05, 4.69) is 36.1 Å². The van der Waals surface area contributed by atoms with E-state index in [1.165, 1.54) is 0 Å². The minimum atomic E-state index is -1.10. The Morgan fingerprint density at radius 2 is 2.00 bits per heavy atom. The molecular weight excluding hydrogens is 316 g/mol. The maximum atomic E-state index is 11.2. The molecule has 0 fully saturated rings. The van der Waals surface area contributed by atoms with Crippen LogP contribution in [-0.4, -0.2) is 31.2 Å². The van der Waals surface area contributed by atoms with Crippen LogP contribution >= 0.6 is 15.9 Å². The molecule has 1 aromatic carbocycles. The average Bonchev–Trinajstić information content (AvgIpc) is 2.89. The van der Waals surface area contributed by atoms with E-state index in [0.717, 1.165) is 0 Å². The highest BCUT2D eigenvalue weighted by Crippen LogP contribution is 2.30. The second kappa shape index (κ2) is 4.09. The first kappa shape index (κ1) is 11.7. The summed E-state index contributed by atoms with van der Waals surface area (Å²) in [4.78, 5) is 27.4. The largest absolute Gasteiger partial charge is 0.476 e. The lowest BCUT2D eigenvalue weighted by Gasteiger charge is -1.98. The number of halogens is 1. The second-order valence-corrected chi connectivity index (χ2v) is 4.70. The molecule has 0 saturated carbocycles. The molecular formula is C11H7BrN4O3. The van der Waals surface area contributed by atoms with E-state index < -0.39 is 5.97 Å². The number of rotatable bonds is 2. The number of hydrogen-bond acceptors (Lipinski definition) is 3. The smallest absolute Gasteiger partial charge is 0.355 e. The lowest BCUT2D eigenvalue weighted by atomic mass is 10.1. The molecule has 0 bridgehead atoms. The number of nitrogens with zero attached hydrogens (tertiary/aromatic N) is 1. The maximum Gasteiger partial charge on any atom is 0.355 e. The Hall–Kier alpha value is -2.35. The summed E-state index contributed by atoms with van der Waals surface area (Å²) >= 11 is 3.20. The molecule has 2 heterocycles. The van der Waals surface area contributed by atoms with Crippen molar-refractivity contribution in [2.75, 3.05) is 0 Å². The number of H-pyrrole nitrogens is 3. The number of carbonyl (C=O) groups is 1. The van der Waals surface area contributed by atoms with Gasteiger partial charge in [-0.2, -0.15) is 5.10 Å².